The second-order valence-corrected chi connectivity index (χ2v) is 3.71. The highest BCUT2D eigenvalue weighted by Gasteiger charge is 2.11. The fourth-order valence-electron chi connectivity index (χ4n) is 1.15. The largest absolute Gasteiger partial charge is 0.330 e. The van der Waals surface area contributed by atoms with Gasteiger partial charge < -0.3 is 5.73 Å². The Morgan fingerprint density at radius 2 is 2.08 bits per heavy atom. The number of hydrogen-bond donors (Lipinski definition) is 2. The number of nitrogens with one attached hydrogen (secondary N) is 1. The number of hydrogen-bond acceptors (Lipinski definition) is 3. The molecule has 13 heavy (non-hydrogen) atoms. The second-order valence-electron chi connectivity index (χ2n) is 3.71. The summed E-state index contributed by atoms with van der Waals surface area (Å²) in [4.78, 5) is 4.41. The van der Waals surface area contributed by atoms with E-state index in [2.05, 4.69) is 36.0 Å². The molecule has 4 heteroatoms. The van der Waals surface area contributed by atoms with E-state index in [0.29, 0.717) is 18.4 Å². The minimum absolute atomic E-state index is 0.380. The summed E-state index contributed by atoms with van der Waals surface area (Å²) >= 11 is 0. The van der Waals surface area contributed by atoms with Gasteiger partial charge in [0.2, 0.25) is 0 Å². The Morgan fingerprint density at radius 1 is 1.38 bits per heavy atom. The van der Waals surface area contributed by atoms with Gasteiger partial charge in [-0.2, -0.15) is 5.10 Å². The highest BCUT2D eigenvalue weighted by Crippen LogP contribution is 2.16. The van der Waals surface area contributed by atoms with Gasteiger partial charge in [-0.05, 0) is 13.0 Å². The van der Waals surface area contributed by atoms with Crippen LogP contribution in [0.25, 0.3) is 0 Å². The summed E-state index contributed by atoms with van der Waals surface area (Å²) in [6.07, 6.45) is 0.951. The molecule has 0 bridgehead atoms. The monoisotopic (exact) mass is 182 g/mol. The van der Waals surface area contributed by atoms with Gasteiger partial charge in [0.05, 0.1) is 0 Å². The molecule has 0 aliphatic rings. The third-order valence-corrected chi connectivity index (χ3v) is 2.10. The Labute approximate surface area is 78.9 Å². The lowest BCUT2D eigenvalue weighted by atomic mass is 10.1. The molecule has 0 aliphatic carbocycles. The lowest BCUT2D eigenvalue weighted by Crippen LogP contribution is -2.05. The molecule has 1 rings (SSSR count). The number of aromatic amines is 1. The molecule has 1 heterocycles. The first-order valence-electron chi connectivity index (χ1n) is 4.77. The molecule has 1 aromatic rings. The van der Waals surface area contributed by atoms with E-state index >= 15 is 0 Å². The van der Waals surface area contributed by atoms with E-state index in [1.807, 2.05) is 0 Å². The van der Waals surface area contributed by atoms with Crippen LogP contribution in [-0.2, 0) is 0 Å². The van der Waals surface area contributed by atoms with E-state index < -0.39 is 0 Å². The van der Waals surface area contributed by atoms with Crippen molar-refractivity contribution in [1.29, 1.82) is 0 Å². The summed E-state index contributed by atoms with van der Waals surface area (Å²) in [6, 6.07) is 0. The highest BCUT2D eigenvalue weighted by molar-refractivity contribution is 4.99. The molecule has 1 aromatic heterocycles. The summed E-state index contributed by atoms with van der Waals surface area (Å²) in [6.45, 7) is 6.97. The molecular weight excluding hydrogens is 164 g/mol. The van der Waals surface area contributed by atoms with Gasteiger partial charge in [-0.3, -0.25) is 5.10 Å². The molecule has 74 valence electrons. The Morgan fingerprint density at radius 3 is 2.54 bits per heavy atom. The predicted molar refractivity (Wildman–Crippen MR) is 52.6 cm³/mol. The maximum absolute atomic E-state index is 5.47. The number of nitrogens with zero attached hydrogens (tertiary/aromatic N) is 2. The van der Waals surface area contributed by atoms with Gasteiger partial charge in [0.15, 0.2) is 5.82 Å². The van der Waals surface area contributed by atoms with E-state index in [4.69, 9.17) is 5.73 Å². The first-order chi connectivity index (χ1) is 6.15. The van der Waals surface area contributed by atoms with Gasteiger partial charge in [0.25, 0.3) is 0 Å². The van der Waals surface area contributed by atoms with E-state index in [9.17, 15) is 0 Å². The van der Waals surface area contributed by atoms with Gasteiger partial charge in [-0.1, -0.05) is 20.8 Å². The smallest absolute Gasteiger partial charge is 0.153 e. The van der Waals surface area contributed by atoms with Crippen molar-refractivity contribution in [3.63, 3.8) is 0 Å². The number of aromatic nitrogens is 3. The van der Waals surface area contributed by atoms with Crippen LogP contribution >= 0.6 is 0 Å². The van der Waals surface area contributed by atoms with E-state index in [1.54, 1.807) is 0 Å². The van der Waals surface area contributed by atoms with Crippen LogP contribution < -0.4 is 5.73 Å². The Bertz CT molecular complexity index is 254. The molecule has 4 nitrogen and oxygen atoms in total. The normalized spacial score (nSPS) is 13.6. The van der Waals surface area contributed by atoms with Crippen LogP contribution in [0.2, 0.25) is 0 Å². The second kappa shape index (κ2) is 4.37. The van der Waals surface area contributed by atoms with E-state index in [0.717, 1.165) is 18.1 Å². The van der Waals surface area contributed by atoms with Crippen LogP contribution in [0.3, 0.4) is 0 Å². The average Bonchev–Trinajstić information content (AvgIpc) is 2.52. The lowest BCUT2D eigenvalue weighted by molar-refractivity contribution is 0.649. The predicted octanol–water partition coefficient (Wildman–Crippen LogP) is 1.38. The molecule has 0 radical (unpaired) electrons. The summed E-state index contributed by atoms with van der Waals surface area (Å²) in [7, 11) is 0. The fourth-order valence-corrected chi connectivity index (χ4v) is 1.15. The third-order valence-electron chi connectivity index (χ3n) is 2.10. The Hall–Kier alpha value is -0.900. The van der Waals surface area contributed by atoms with Gasteiger partial charge in [0.1, 0.15) is 5.82 Å². The summed E-state index contributed by atoms with van der Waals surface area (Å²) < 4.78 is 0. The van der Waals surface area contributed by atoms with Crippen LogP contribution in [0.1, 0.15) is 50.7 Å². The van der Waals surface area contributed by atoms with Gasteiger partial charge in [-0.25, -0.2) is 4.98 Å². The molecule has 0 amide bonds. The van der Waals surface area contributed by atoms with Crippen molar-refractivity contribution in [1.82, 2.24) is 15.2 Å². The quantitative estimate of drug-likeness (QED) is 0.739. The molecule has 1 unspecified atom stereocenters. The zero-order valence-corrected chi connectivity index (χ0v) is 8.54. The Balaban J connectivity index is 2.67. The molecule has 0 aromatic carbocycles. The Kier molecular flexibility index (Phi) is 3.42. The molecular formula is C9H18N4. The van der Waals surface area contributed by atoms with Crippen molar-refractivity contribution < 1.29 is 0 Å². The topological polar surface area (TPSA) is 67.6 Å². The van der Waals surface area contributed by atoms with Gasteiger partial charge in [0, 0.05) is 11.8 Å². The van der Waals surface area contributed by atoms with Crippen molar-refractivity contribution in [3.05, 3.63) is 11.6 Å². The van der Waals surface area contributed by atoms with Gasteiger partial charge >= 0.3 is 0 Å². The molecule has 1 atom stereocenters. The van der Waals surface area contributed by atoms with E-state index in [-0.39, 0.29) is 0 Å². The van der Waals surface area contributed by atoms with Crippen molar-refractivity contribution in [2.75, 3.05) is 6.54 Å². The standard InChI is InChI=1S/C9H18N4/c1-6(2)8-11-9(13-12-8)7(3)4-5-10/h6-7H,4-5,10H2,1-3H3,(H,11,12,13). The van der Waals surface area contributed by atoms with Crippen molar-refractivity contribution in [2.24, 2.45) is 5.73 Å². The van der Waals surface area contributed by atoms with Crippen LogP contribution in [0.5, 0.6) is 0 Å². The van der Waals surface area contributed by atoms with E-state index in [1.165, 1.54) is 0 Å². The molecule has 3 N–H and O–H groups in total. The molecule has 0 aliphatic heterocycles. The molecule has 0 fully saturated rings. The minimum Gasteiger partial charge on any atom is -0.330 e. The maximum atomic E-state index is 5.47. The van der Waals surface area contributed by atoms with Crippen molar-refractivity contribution in [2.45, 2.75) is 39.0 Å². The molecule has 0 spiro atoms. The average molecular weight is 182 g/mol. The lowest BCUT2D eigenvalue weighted by Gasteiger charge is -2.04. The summed E-state index contributed by atoms with van der Waals surface area (Å²) in [5.74, 6) is 2.60. The first-order valence-corrected chi connectivity index (χ1v) is 4.77. The highest BCUT2D eigenvalue weighted by atomic mass is 15.2. The zero-order chi connectivity index (χ0) is 9.84. The first kappa shape index (κ1) is 10.2. The number of nitrogens with two attached hydrogens (primary N) is 1. The van der Waals surface area contributed by atoms with Gasteiger partial charge in [-0.15, -0.1) is 0 Å². The fraction of sp³-hybridized carbons (Fsp3) is 0.778. The van der Waals surface area contributed by atoms with Crippen LogP contribution in [0.4, 0.5) is 0 Å². The number of rotatable bonds is 4. The summed E-state index contributed by atoms with van der Waals surface area (Å²) in [5, 5.41) is 7.10. The third kappa shape index (κ3) is 2.52. The SMILES string of the molecule is CC(C)c1n[nH]c(C(C)CCN)n1. The minimum atomic E-state index is 0.380. The number of H-pyrrole nitrogens is 1. The van der Waals surface area contributed by atoms with Crippen molar-refractivity contribution >= 4 is 0 Å². The maximum Gasteiger partial charge on any atom is 0.153 e. The molecule has 0 saturated carbocycles. The van der Waals surface area contributed by atoms with Crippen LogP contribution in [0, 0.1) is 0 Å². The van der Waals surface area contributed by atoms with Crippen LogP contribution in [0.15, 0.2) is 0 Å². The van der Waals surface area contributed by atoms with Crippen LogP contribution in [-0.4, -0.2) is 21.7 Å². The molecule has 0 saturated heterocycles. The van der Waals surface area contributed by atoms with Crippen molar-refractivity contribution in [3.8, 4) is 0 Å². The zero-order valence-electron chi connectivity index (χ0n) is 8.54. The summed E-state index contributed by atoms with van der Waals surface area (Å²) in [5.41, 5.74) is 5.47.